The van der Waals surface area contributed by atoms with Crippen LogP contribution in [0.2, 0.25) is 0 Å². The summed E-state index contributed by atoms with van der Waals surface area (Å²) in [4.78, 5) is 6.38. The lowest BCUT2D eigenvalue weighted by molar-refractivity contribution is 0.424. The summed E-state index contributed by atoms with van der Waals surface area (Å²) in [6, 6.07) is 0. The summed E-state index contributed by atoms with van der Waals surface area (Å²) in [5.41, 5.74) is 0. The number of halogens is 1. The second-order valence-corrected chi connectivity index (χ2v) is 4.30. The zero-order valence-corrected chi connectivity index (χ0v) is 10.4. The second kappa shape index (κ2) is 4.80. The molecule has 1 N–H and O–H groups in total. The SMILES string of the molecule is CN(C)CCNc1ncc(I)n1C. The van der Waals surface area contributed by atoms with Crippen molar-refractivity contribution in [2.24, 2.45) is 7.05 Å². The lowest BCUT2D eigenvalue weighted by atomic mass is 10.6. The van der Waals surface area contributed by atoms with Gasteiger partial charge in [0, 0.05) is 20.1 Å². The standard InChI is InChI=1S/C8H15IN4/c1-12(2)5-4-10-8-11-6-7(9)13(8)3/h6H,4-5H2,1-3H3,(H,10,11). The minimum atomic E-state index is 0.925. The van der Waals surface area contributed by atoms with Crippen LogP contribution in [-0.4, -0.2) is 41.6 Å². The van der Waals surface area contributed by atoms with E-state index < -0.39 is 0 Å². The van der Waals surface area contributed by atoms with Gasteiger partial charge in [-0.05, 0) is 36.7 Å². The number of likely N-dealkylation sites (N-methyl/N-ethyl adjacent to an activating group) is 1. The predicted molar refractivity (Wildman–Crippen MR) is 63.0 cm³/mol. The van der Waals surface area contributed by atoms with Crippen molar-refractivity contribution in [3.63, 3.8) is 0 Å². The van der Waals surface area contributed by atoms with E-state index in [1.165, 1.54) is 0 Å². The van der Waals surface area contributed by atoms with Crippen molar-refractivity contribution < 1.29 is 0 Å². The summed E-state index contributed by atoms with van der Waals surface area (Å²) in [5, 5.41) is 3.27. The molecule has 4 nitrogen and oxygen atoms in total. The van der Waals surface area contributed by atoms with E-state index in [2.05, 4.69) is 51.9 Å². The maximum absolute atomic E-state index is 4.24. The Balaban J connectivity index is 2.41. The average Bonchev–Trinajstić information content (AvgIpc) is 2.35. The molecule has 1 aromatic rings. The van der Waals surface area contributed by atoms with Gasteiger partial charge in [0.25, 0.3) is 0 Å². The highest BCUT2D eigenvalue weighted by Gasteiger charge is 2.01. The van der Waals surface area contributed by atoms with E-state index in [1.807, 2.05) is 17.8 Å². The molecular formula is C8H15IN4. The molecule has 0 radical (unpaired) electrons. The van der Waals surface area contributed by atoms with E-state index in [9.17, 15) is 0 Å². The zero-order valence-electron chi connectivity index (χ0n) is 8.21. The molecule has 0 atom stereocenters. The molecule has 5 heteroatoms. The molecule has 0 aliphatic rings. The lowest BCUT2D eigenvalue weighted by Crippen LogP contribution is -2.21. The van der Waals surface area contributed by atoms with E-state index in [0.717, 1.165) is 22.7 Å². The smallest absolute Gasteiger partial charge is 0.203 e. The Morgan fingerprint density at radius 2 is 2.31 bits per heavy atom. The van der Waals surface area contributed by atoms with Crippen molar-refractivity contribution in [1.29, 1.82) is 0 Å². The van der Waals surface area contributed by atoms with E-state index in [1.54, 1.807) is 0 Å². The largest absolute Gasteiger partial charge is 0.354 e. The normalized spacial score (nSPS) is 10.8. The number of anilines is 1. The third-order valence-electron chi connectivity index (χ3n) is 1.77. The van der Waals surface area contributed by atoms with Crippen molar-refractivity contribution in [3.8, 4) is 0 Å². The molecule has 0 aliphatic carbocycles. The Kier molecular flexibility index (Phi) is 3.98. The van der Waals surface area contributed by atoms with Gasteiger partial charge in [-0.3, -0.25) is 0 Å². The van der Waals surface area contributed by atoms with Gasteiger partial charge >= 0.3 is 0 Å². The number of aromatic nitrogens is 2. The molecule has 0 unspecified atom stereocenters. The van der Waals surface area contributed by atoms with Crippen molar-refractivity contribution in [3.05, 3.63) is 9.90 Å². The highest BCUT2D eigenvalue weighted by Crippen LogP contribution is 2.09. The molecule has 0 bridgehead atoms. The van der Waals surface area contributed by atoms with Crippen LogP contribution in [-0.2, 0) is 7.05 Å². The van der Waals surface area contributed by atoms with Gasteiger partial charge < -0.3 is 14.8 Å². The van der Waals surface area contributed by atoms with Gasteiger partial charge in [0.1, 0.15) is 3.70 Å². The Morgan fingerprint density at radius 1 is 1.62 bits per heavy atom. The maximum Gasteiger partial charge on any atom is 0.203 e. The van der Waals surface area contributed by atoms with Gasteiger partial charge in [0.15, 0.2) is 0 Å². The van der Waals surface area contributed by atoms with E-state index in [0.29, 0.717) is 0 Å². The minimum absolute atomic E-state index is 0.925. The summed E-state index contributed by atoms with van der Waals surface area (Å²) in [5.74, 6) is 0.936. The predicted octanol–water partition coefficient (Wildman–Crippen LogP) is 0.998. The van der Waals surface area contributed by atoms with Crippen molar-refractivity contribution in [2.75, 3.05) is 32.5 Å². The van der Waals surface area contributed by atoms with Gasteiger partial charge in [0.05, 0.1) is 6.20 Å². The number of nitrogens with zero attached hydrogens (tertiary/aromatic N) is 3. The molecule has 0 saturated heterocycles. The summed E-state index contributed by atoms with van der Waals surface area (Å²) < 4.78 is 3.18. The van der Waals surface area contributed by atoms with Crippen LogP contribution in [0.5, 0.6) is 0 Å². The molecule has 0 amide bonds. The first-order chi connectivity index (χ1) is 6.11. The van der Waals surface area contributed by atoms with Crippen LogP contribution in [0, 0.1) is 3.70 Å². The maximum atomic E-state index is 4.24. The third kappa shape index (κ3) is 3.15. The van der Waals surface area contributed by atoms with Gasteiger partial charge in [-0.1, -0.05) is 0 Å². The Labute approximate surface area is 92.5 Å². The number of hydrogen-bond acceptors (Lipinski definition) is 3. The van der Waals surface area contributed by atoms with E-state index in [4.69, 9.17) is 0 Å². The first-order valence-corrected chi connectivity index (χ1v) is 5.25. The van der Waals surface area contributed by atoms with E-state index in [-0.39, 0.29) is 0 Å². The van der Waals surface area contributed by atoms with Crippen molar-refractivity contribution >= 4 is 28.5 Å². The number of rotatable bonds is 4. The Hall–Kier alpha value is -0.300. The molecule has 1 aromatic heterocycles. The van der Waals surface area contributed by atoms with Gasteiger partial charge in [-0.2, -0.15) is 0 Å². The zero-order chi connectivity index (χ0) is 9.84. The quantitative estimate of drug-likeness (QED) is 0.841. The summed E-state index contributed by atoms with van der Waals surface area (Å²) in [6.07, 6.45) is 1.86. The molecule has 0 saturated carbocycles. The van der Waals surface area contributed by atoms with Crippen LogP contribution in [0.1, 0.15) is 0 Å². The number of hydrogen-bond donors (Lipinski definition) is 1. The highest BCUT2D eigenvalue weighted by molar-refractivity contribution is 14.1. The summed E-state index contributed by atoms with van der Waals surface area (Å²) >= 11 is 2.26. The van der Waals surface area contributed by atoms with Crippen LogP contribution >= 0.6 is 22.6 Å². The number of imidazole rings is 1. The fourth-order valence-electron chi connectivity index (χ4n) is 0.944. The fourth-order valence-corrected chi connectivity index (χ4v) is 1.31. The van der Waals surface area contributed by atoms with Crippen LogP contribution in [0.25, 0.3) is 0 Å². The average molecular weight is 294 g/mol. The van der Waals surface area contributed by atoms with Crippen LogP contribution in [0.15, 0.2) is 6.20 Å². The molecule has 74 valence electrons. The van der Waals surface area contributed by atoms with Crippen LogP contribution in [0.3, 0.4) is 0 Å². The first kappa shape index (κ1) is 10.8. The van der Waals surface area contributed by atoms with Crippen LogP contribution < -0.4 is 5.32 Å². The fraction of sp³-hybridized carbons (Fsp3) is 0.625. The van der Waals surface area contributed by atoms with Gasteiger partial charge in [-0.25, -0.2) is 4.98 Å². The summed E-state index contributed by atoms with van der Waals surface area (Å²) in [6.45, 7) is 1.94. The molecule has 0 aliphatic heterocycles. The topological polar surface area (TPSA) is 33.1 Å². The third-order valence-corrected chi connectivity index (χ3v) is 2.78. The van der Waals surface area contributed by atoms with E-state index >= 15 is 0 Å². The summed E-state index contributed by atoms with van der Waals surface area (Å²) in [7, 11) is 6.13. The molecule has 0 fully saturated rings. The molecule has 1 heterocycles. The Morgan fingerprint density at radius 3 is 2.77 bits per heavy atom. The monoisotopic (exact) mass is 294 g/mol. The molecule has 0 spiro atoms. The first-order valence-electron chi connectivity index (χ1n) is 4.17. The molecule has 13 heavy (non-hydrogen) atoms. The lowest BCUT2D eigenvalue weighted by Gasteiger charge is -2.10. The molecule has 0 aromatic carbocycles. The van der Waals surface area contributed by atoms with Crippen molar-refractivity contribution in [1.82, 2.24) is 14.5 Å². The molecular weight excluding hydrogens is 279 g/mol. The van der Waals surface area contributed by atoms with Gasteiger partial charge in [-0.15, -0.1) is 0 Å². The van der Waals surface area contributed by atoms with Crippen molar-refractivity contribution in [2.45, 2.75) is 0 Å². The highest BCUT2D eigenvalue weighted by atomic mass is 127. The van der Waals surface area contributed by atoms with Gasteiger partial charge in [0.2, 0.25) is 5.95 Å². The second-order valence-electron chi connectivity index (χ2n) is 3.19. The van der Waals surface area contributed by atoms with Crippen LogP contribution in [0.4, 0.5) is 5.95 Å². The minimum Gasteiger partial charge on any atom is -0.354 e. The Bertz CT molecular complexity index is 269. The molecule has 1 rings (SSSR count). The number of nitrogens with one attached hydrogen (secondary N) is 1.